The topological polar surface area (TPSA) is 63.0 Å². The lowest BCUT2D eigenvalue weighted by atomic mass is 10.1. The number of benzene rings is 2. The second-order valence-electron chi connectivity index (χ2n) is 9.20. The highest BCUT2D eigenvalue weighted by molar-refractivity contribution is 5.94. The second kappa shape index (κ2) is 10.3. The molecule has 35 heavy (non-hydrogen) atoms. The minimum Gasteiger partial charge on any atom is -0.492 e. The number of hydrogen-bond acceptors (Lipinski definition) is 5. The van der Waals surface area contributed by atoms with Crippen molar-refractivity contribution in [1.82, 2.24) is 24.4 Å². The van der Waals surface area contributed by atoms with E-state index in [4.69, 9.17) is 14.8 Å². The number of amides is 1. The lowest BCUT2D eigenvalue weighted by Gasteiger charge is -2.14. The summed E-state index contributed by atoms with van der Waals surface area (Å²) >= 11 is 0. The number of carbonyl (C=O) groups is 1. The summed E-state index contributed by atoms with van der Waals surface area (Å²) in [6, 6.07) is 21.8. The molecule has 1 aliphatic heterocycles. The van der Waals surface area contributed by atoms with Crippen LogP contribution in [0.2, 0.25) is 0 Å². The molecule has 0 atom stereocenters. The van der Waals surface area contributed by atoms with Crippen molar-refractivity contribution in [2.75, 3.05) is 40.3 Å². The largest absolute Gasteiger partial charge is 0.492 e. The first-order valence-corrected chi connectivity index (χ1v) is 12.2. The molecular weight excluding hydrogens is 438 g/mol. The molecule has 1 amide bonds. The van der Waals surface area contributed by atoms with Crippen molar-refractivity contribution >= 4 is 11.6 Å². The van der Waals surface area contributed by atoms with Crippen molar-refractivity contribution in [3.8, 4) is 17.0 Å². The maximum Gasteiger partial charge on any atom is 0.253 e. The zero-order valence-electron chi connectivity index (χ0n) is 20.4. The number of fused-ring (bicyclic) bond motifs is 1. The molecule has 3 heterocycles. The fourth-order valence-corrected chi connectivity index (χ4v) is 4.47. The Morgan fingerprint density at radius 2 is 1.71 bits per heavy atom. The first-order valence-electron chi connectivity index (χ1n) is 12.2. The molecule has 0 spiro atoms. The van der Waals surface area contributed by atoms with Crippen molar-refractivity contribution in [3.63, 3.8) is 0 Å². The van der Waals surface area contributed by atoms with Crippen LogP contribution < -0.4 is 4.74 Å². The van der Waals surface area contributed by atoms with Crippen LogP contribution in [0.15, 0.2) is 66.7 Å². The molecule has 2 aromatic heterocycles. The Labute approximate surface area is 206 Å². The number of aromatic nitrogens is 3. The van der Waals surface area contributed by atoms with Gasteiger partial charge in [-0.15, -0.1) is 0 Å². The van der Waals surface area contributed by atoms with E-state index in [0.29, 0.717) is 12.0 Å². The van der Waals surface area contributed by atoms with Crippen molar-refractivity contribution in [2.24, 2.45) is 0 Å². The molecule has 0 aliphatic carbocycles. The third-order valence-electron chi connectivity index (χ3n) is 6.40. The smallest absolute Gasteiger partial charge is 0.253 e. The summed E-state index contributed by atoms with van der Waals surface area (Å²) in [5, 5.41) is 4.78. The van der Waals surface area contributed by atoms with Gasteiger partial charge < -0.3 is 9.64 Å². The molecule has 0 unspecified atom stereocenters. The SMILES string of the molecule is CN(C)C(=O)c1ccc(-c2cccc3nc(Cc4ccc(OCCN5CCCC5)cc4)nn23)cc1. The average Bonchev–Trinajstić information content (AvgIpc) is 3.54. The predicted octanol–water partition coefficient (Wildman–Crippen LogP) is 4.16. The molecule has 1 saturated heterocycles. The van der Waals surface area contributed by atoms with Gasteiger partial charge in [0.25, 0.3) is 5.91 Å². The van der Waals surface area contributed by atoms with E-state index in [1.165, 1.54) is 25.9 Å². The summed E-state index contributed by atoms with van der Waals surface area (Å²) < 4.78 is 7.79. The number of hydrogen-bond donors (Lipinski definition) is 0. The van der Waals surface area contributed by atoms with Gasteiger partial charge in [-0.3, -0.25) is 9.69 Å². The lowest BCUT2D eigenvalue weighted by Crippen LogP contribution is -2.25. The fourth-order valence-electron chi connectivity index (χ4n) is 4.47. The fraction of sp³-hybridized carbons (Fsp3) is 0.321. The summed E-state index contributed by atoms with van der Waals surface area (Å²) in [6.07, 6.45) is 3.25. The minimum atomic E-state index is -0.0131. The van der Waals surface area contributed by atoms with Crippen molar-refractivity contribution in [1.29, 1.82) is 0 Å². The van der Waals surface area contributed by atoms with Crippen LogP contribution in [0, 0.1) is 0 Å². The molecule has 4 aromatic rings. The predicted molar refractivity (Wildman–Crippen MR) is 137 cm³/mol. The maximum atomic E-state index is 12.2. The van der Waals surface area contributed by atoms with Crippen LogP contribution in [0.25, 0.3) is 16.9 Å². The quantitative estimate of drug-likeness (QED) is 0.388. The van der Waals surface area contributed by atoms with Gasteiger partial charge in [0.05, 0.1) is 5.69 Å². The zero-order chi connectivity index (χ0) is 24.2. The van der Waals surface area contributed by atoms with E-state index < -0.39 is 0 Å². The van der Waals surface area contributed by atoms with Crippen LogP contribution >= 0.6 is 0 Å². The Morgan fingerprint density at radius 1 is 0.971 bits per heavy atom. The summed E-state index contributed by atoms with van der Waals surface area (Å²) in [6.45, 7) is 4.10. The Hall–Kier alpha value is -3.71. The van der Waals surface area contributed by atoms with Crippen molar-refractivity contribution in [2.45, 2.75) is 19.3 Å². The van der Waals surface area contributed by atoms with Crippen LogP contribution in [-0.2, 0) is 6.42 Å². The summed E-state index contributed by atoms with van der Waals surface area (Å²) in [5.41, 5.74) is 4.52. The molecular formula is C28H31N5O2. The van der Waals surface area contributed by atoms with Crippen LogP contribution in [0.4, 0.5) is 0 Å². The van der Waals surface area contributed by atoms with Gasteiger partial charge in [-0.1, -0.05) is 30.3 Å². The molecule has 7 heteroatoms. The zero-order valence-corrected chi connectivity index (χ0v) is 20.4. The van der Waals surface area contributed by atoms with Crippen LogP contribution in [0.5, 0.6) is 5.75 Å². The third kappa shape index (κ3) is 5.35. The highest BCUT2D eigenvalue weighted by Crippen LogP contribution is 2.22. The Bertz CT molecular complexity index is 1290. The summed E-state index contributed by atoms with van der Waals surface area (Å²) in [4.78, 5) is 21.0. The van der Waals surface area contributed by atoms with E-state index in [-0.39, 0.29) is 5.91 Å². The minimum absolute atomic E-state index is 0.0131. The molecule has 5 rings (SSSR count). The third-order valence-corrected chi connectivity index (χ3v) is 6.40. The highest BCUT2D eigenvalue weighted by atomic mass is 16.5. The number of carbonyl (C=O) groups excluding carboxylic acids is 1. The van der Waals surface area contributed by atoms with Gasteiger partial charge >= 0.3 is 0 Å². The lowest BCUT2D eigenvalue weighted by molar-refractivity contribution is 0.0827. The standard InChI is InChI=1S/C28H31N5O2/c1-31(2)28(34)23-12-10-22(11-13-23)25-6-5-7-27-29-26(30-33(25)27)20-21-8-14-24(15-9-21)35-19-18-32-16-3-4-17-32/h5-15H,3-4,16-20H2,1-2H3. The average molecular weight is 470 g/mol. The van der Waals surface area contributed by atoms with E-state index in [2.05, 4.69) is 17.0 Å². The van der Waals surface area contributed by atoms with E-state index in [9.17, 15) is 4.79 Å². The number of likely N-dealkylation sites (tertiary alicyclic amines) is 1. The van der Waals surface area contributed by atoms with E-state index in [0.717, 1.165) is 47.2 Å². The van der Waals surface area contributed by atoms with Gasteiger partial charge in [0, 0.05) is 38.2 Å². The molecule has 0 radical (unpaired) electrons. The molecule has 0 bridgehead atoms. The van der Waals surface area contributed by atoms with Gasteiger partial charge in [0.1, 0.15) is 12.4 Å². The molecule has 1 fully saturated rings. The van der Waals surface area contributed by atoms with Gasteiger partial charge in [0.15, 0.2) is 11.5 Å². The van der Waals surface area contributed by atoms with Crippen molar-refractivity contribution < 1.29 is 9.53 Å². The first-order chi connectivity index (χ1) is 17.1. The van der Waals surface area contributed by atoms with Crippen LogP contribution in [0.3, 0.4) is 0 Å². The van der Waals surface area contributed by atoms with Crippen LogP contribution in [-0.4, -0.2) is 70.6 Å². The molecule has 7 nitrogen and oxygen atoms in total. The van der Waals surface area contributed by atoms with Crippen LogP contribution in [0.1, 0.15) is 34.6 Å². The van der Waals surface area contributed by atoms with E-state index >= 15 is 0 Å². The highest BCUT2D eigenvalue weighted by Gasteiger charge is 2.13. The Kier molecular flexibility index (Phi) is 6.77. The monoisotopic (exact) mass is 469 g/mol. The Balaban J connectivity index is 1.27. The summed E-state index contributed by atoms with van der Waals surface area (Å²) in [5.74, 6) is 1.65. The molecule has 180 valence electrons. The van der Waals surface area contributed by atoms with Gasteiger partial charge in [-0.25, -0.2) is 9.50 Å². The van der Waals surface area contributed by atoms with Crippen molar-refractivity contribution in [3.05, 3.63) is 83.7 Å². The molecule has 0 saturated carbocycles. The number of nitrogens with zero attached hydrogens (tertiary/aromatic N) is 5. The van der Waals surface area contributed by atoms with E-state index in [1.807, 2.05) is 59.1 Å². The number of pyridine rings is 1. The molecule has 0 N–H and O–H groups in total. The second-order valence-corrected chi connectivity index (χ2v) is 9.20. The Morgan fingerprint density at radius 3 is 2.43 bits per heavy atom. The van der Waals surface area contributed by atoms with Gasteiger partial charge in [-0.05, 0) is 67.9 Å². The maximum absolute atomic E-state index is 12.2. The first kappa shape index (κ1) is 23.1. The van der Waals surface area contributed by atoms with E-state index in [1.54, 1.807) is 19.0 Å². The molecule has 2 aromatic carbocycles. The summed E-state index contributed by atoms with van der Waals surface area (Å²) in [7, 11) is 3.51. The number of ether oxygens (including phenoxy) is 1. The van der Waals surface area contributed by atoms with Gasteiger partial charge in [0.2, 0.25) is 0 Å². The molecule has 1 aliphatic rings. The number of rotatable bonds is 8. The van der Waals surface area contributed by atoms with Gasteiger partial charge in [-0.2, -0.15) is 5.10 Å². The normalized spacial score (nSPS) is 13.9.